The van der Waals surface area contributed by atoms with Gasteiger partial charge in [-0.15, -0.1) is 21.8 Å². The molecule has 0 N–H and O–H groups in total. The van der Waals surface area contributed by atoms with Crippen LogP contribution in [-0.4, -0.2) is 7.02 Å². The first-order valence-electron chi connectivity index (χ1n) is 6.82. The molecule has 0 atom stereocenters. The van der Waals surface area contributed by atoms with E-state index < -0.39 is 0 Å². The van der Waals surface area contributed by atoms with E-state index in [4.69, 9.17) is 9.47 Å². The average Bonchev–Trinajstić information content (AvgIpc) is 2.58. The fourth-order valence-corrected chi connectivity index (χ4v) is 3.69. The molecule has 22 heavy (non-hydrogen) atoms. The Labute approximate surface area is 145 Å². The molecule has 3 aromatic carbocycles. The van der Waals surface area contributed by atoms with Gasteiger partial charge in [0.25, 0.3) is 0 Å². The van der Waals surface area contributed by atoms with Crippen LogP contribution >= 0.6 is 21.8 Å². The van der Waals surface area contributed by atoms with Gasteiger partial charge in [-0.2, -0.15) is 0 Å². The van der Waals surface area contributed by atoms with Crippen molar-refractivity contribution in [2.24, 2.45) is 0 Å². The molecule has 0 saturated heterocycles. The lowest BCUT2D eigenvalue weighted by atomic mass is 10.3. The molecule has 3 aromatic rings. The van der Waals surface area contributed by atoms with E-state index in [0.29, 0.717) is 7.02 Å². The maximum Gasteiger partial charge on any atom is 0.174 e. The fraction of sp³-hybridized carbons (Fsp3) is 0. The van der Waals surface area contributed by atoms with Crippen LogP contribution in [0.25, 0.3) is 0 Å². The summed E-state index contributed by atoms with van der Waals surface area (Å²) in [5.74, 6) is 3.12. The van der Waals surface area contributed by atoms with E-state index in [9.17, 15) is 0 Å². The van der Waals surface area contributed by atoms with Crippen molar-refractivity contribution in [3.8, 4) is 23.0 Å². The topological polar surface area (TPSA) is 18.5 Å². The number of halogens is 1. The first-order valence-corrected chi connectivity index (χ1v) is 10.9. The SMILES string of the molecule is I[Si]c1cccc(Oc2ccccc2)c1Oc1ccccc1. The van der Waals surface area contributed by atoms with Gasteiger partial charge >= 0.3 is 0 Å². The zero-order valence-electron chi connectivity index (χ0n) is 11.7. The third-order valence-electron chi connectivity index (χ3n) is 3.01. The number of para-hydroxylation sites is 3. The van der Waals surface area contributed by atoms with Crippen molar-refractivity contribution in [2.45, 2.75) is 0 Å². The smallest absolute Gasteiger partial charge is 0.174 e. The van der Waals surface area contributed by atoms with Gasteiger partial charge in [-0.1, -0.05) is 48.5 Å². The fourth-order valence-electron chi connectivity index (χ4n) is 2.00. The molecule has 3 rings (SSSR count). The molecule has 0 aliphatic carbocycles. The molecule has 0 fully saturated rings. The van der Waals surface area contributed by atoms with Crippen molar-refractivity contribution in [1.82, 2.24) is 0 Å². The van der Waals surface area contributed by atoms with Crippen LogP contribution in [0, 0.1) is 0 Å². The van der Waals surface area contributed by atoms with E-state index in [0.717, 1.165) is 28.2 Å². The lowest BCUT2D eigenvalue weighted by Gasteiger charge is -2.15. The molecule has 2 radical (unpaired) electrons. The van der Waals surface area contributed by atoms with Gasteiger partial charge < -0.3 is 9.47 Å². The van der Waals surface area contributed by atoms with E-state index in [2.05, 4.69) is 27.9 Å². The van der Waals surface area contributed by atoms with Crippen molar-refractivity contribution in [1.29, 1.82) is 0 Å². The summed E-state index contributed by atoms with van der Waals surface area (Å²) < 4.78 is 12.1. The van der Waals surface area contributed by atoms with Crippen LogP contribution in [-0.2, 0) is 0 Å². The predicted molar refractivity (Wildman–Crippen MR) is 98.9 cm³/mol. The summed E-state index contributed by atoms with van der Waals surface area (Å²) in [5.41, 5.74) is 0. The molecule has 0 aliphatic heterocycles. The maximum atomic E-state index is 6.08. The summed E-state index contributed by atoms with van der Waals surface area (Å²) in [5, 5.41) is 1.14. The van der Waals surface area contributed by atoms with Crippen molar-refractivity contribution in [2.75, 3.05) is 0 Å². The maximum absolute atomic E-state index is 6.08. The van der Waals surface area contributed by atoms with Gasteiger partial charge in [0.15, 0.2) is 18.5 Å². The molecule has 108 valence electrons. The Morgan fingerprint density at radius 1 is 0.636 bits per heavy atom. The van der Waals surface area contributed by atoms with Crippen LogP contribution in [0.15, 0.2) is 78.9 Å². The van der Waals surface area contributed by atoms with Crippen LogP contribution in [0.3, 0.4) is 0 Å². The van der Waals surface area contributed by atoms with Crippen molar-refractivity contribution >= 4 is 34.0 Å². The standard InChI is InChI=1S/C18H13IO2Si/c19-22-17-13-7-12-16(20-14-8-3-1-4-9-14)18(17)21-15-10-5-2-6-11-15/h1-13H. The van der Waals surface area contributed by atoms with Gasteiger partial charge in [0.1, 0.15) is 11.5 Å². The minimum Gasteiger partial charge on any atom is -0.454 e. The number of ether oxygens (including phenoxy) is 2. The second-order valence-corrected chi connectivity index (χ2v) is 6.90. The Morgan fingerprint density at radius 3 is 1.82 bits per heavy atom. The van der Waals surface area contributed by atoms with E-state index >= 15 is 0 Å². The van der Waals surface area contributed by atoms with E-state index in [1.807, 2.05) is 72.8 Å². The lowest BCUT2D eigenvalue weighted by Crippen LogP contribution is -2.12. The van der Waals surface area contributed by atoms with Crippen LogP contribution < -0.4 is 14.7 Å². The minimum atomic E-state index is 0.603. The molecular formula is C18H13IO2Si. The van der Waals surface area contributed by atoms with Crippen molar-refractivity contribution in [3.05, 3.63) is 78.9 Å². The zero-order valence-corrected chi connectivity index (χ0v) is 14.9. The second kappa shape index (κ2) is 7.46. The third kappa shape index (κ3) is 3.69. The quantitative estimate of drug-likeness (QED) is 0.333. The Bertz CT molecular complexity index is 733. The highest BCUT2D eigenvalue weighted by Crippen LogP contribution is 2.33. The molecule has 0 heterocycles. The Balaban J connectivity index is 1.95. The van der Waals surface area contributed by atoms with Crippen molar-refractivity contribution in [3.63, 3.8) is 0 Å². The monoisotopic (exact) mass is 416 g/mol. The number of hydrogen-bond acceptors (Lipinski definition) is 2. The number of rotatable bonds is 5. The molecule has 0 bridgehead atoms. The zero-order chi connectivity index (χ0) is 15.2. The van der Waals surface area contributed by atoms with E-state index in [-0.39, 0.29) is 0 Å². The molecular weight excluding hydrogens is 403 g/mol. The highest BCUT2D eigenvalue weighted by Gasteiger charge is 2.13. The third-order valence-corrected chi connectivity index (χ3v) is 5.36. The Kier molecular flexibility index (Phi) is 5.13. The summed E-state index contributed by atoms with van der Waals surface area (Å²) in [4.78, 5) is 0. The molecule has 4 heteroatoms. The Morgan fingerprint density at radius 2 is 1.23 bits per heavy atom. The summed E-state index contributed by atoms with van der Waals surface area (Å²) in [6.07, 6.45) is 0. The normalized spacial score (nSPS) is 10.2. The molecule has 0 spiro atoms. The second-order valence-electron chi connectivity index (χ2n) is 4.56. The highest BCUT2D eigenvalue weighted by atomic mass is 127. The van der Waals surface area contributed by atoms with Gasteiger partial charge in [-0.05, 0) is 35.5 Å². The van der Waals surface area contributed by atoms with E-state index in [1.54, 1.807) is 0 Å². The van der Waals surface area contributed by atoms with Crippen LogP contribution in [0.1, 0.15) is 0 Å². The molecule has 2 nitrogen and oxygen atoms in total. The summed E-state index contributed by atoms with van der Waals surface area (Å²) in [6, 6.07) is 25.5. The van der Waals surface area contributed by atoms with E-state index in [1.165, 1.54) is 0 Å². The first-order chi connectivity index (χ1) is 10.9. The molecule has 0 amide bonds. The minimum absolute atomic E-state index is 0.603. The van der Waals surface area contributed by atoms with Crippen molar-refractivity contribution < 1.29 is 9.47 Å². The van der Waals surface area contributed by atoms with Gasteiger partial charge in [-0.25, -0.2) is 0 Å². The predicted octanol–water partition coefficient (Wildman–Crippen LogP) is 4.95. The molecule has 0 unspecified atom stereocenters. The summed E-state index contributed by atoms with van der Waals surface area (Å²) in [7, 11) is 0.603. The van der Waals surface area contributed by atoms with Gasteiger partial charge in [0, 0.05) is 0 Å². The van der Waals surface area contributed by atoms with Crippen LogP contribution in [0.5, 0.6) is 23.0 Å². The van der Waals surface area contributed by atoms with Crippen LogP contribution in [0.4, 0.5) is 0 Å². The van der Waals surface area contributed by atoms with Gasteiger partial charge in [0.05, 0.1) is 0 Å². The molecule has 0 aliphatic rings. The Hall–Kier alpha value is -1.79. The van der Waals surface area contributed by atoms with Crippen LogP contribution in [0.2, 0.25) is 0 Å². The lowest BCUT2D eigenvalue weighted by molar-refractivity contribution is 0.421. The molecule has 0 aromatic heterocycles. The number of benzene rings is 3. The highest BCUT2D eigenvalue weighted by molar-refractivity contribution is 14.1. The molecule has 0 saturated carbocycles. The van der Waals surface area contributed by atoms with Gasteiger partial charge in [0.2, 0.25) is 0 Å². The largest absolute Gasteiger partial charge is 0.454 e. The summed E-state index contributed by atoms with van der Waals surface area (Å²) >= 11 is 2.36. The first kappa shape index (κ1) is 15.1. The van der Waals surface area contributed by atoms with Gasteiger partial charge in [-0.3, -0.25) is 0 Å². The number of hydrogen-bond donors (Lipinski definition) is 0. The average molecular weight is 416 g/mol. The summed E-state index contributed by atoms with van der Waals surface area (Å²) in [6.45, 7) is 0.